The maximum atomic E-state index is 12.0. The van der Waals surface area contributed by atoms with E-state index < -0.39 is 11.8 Å². The second kappa shape index (κ2) is 7.21. The van der Waals surface area contributed by atoms with Gasteiger partial charge in [-0.05, 0) is 25.1 Å². The molecule has 1 aromatic carbocycles. The SMILES string of the molecule is COc1ccc(C(=O)NNC(=O)c2cnc(C)cn2)cc1OC. The minimum atomic E-state index is -0.564. The molecule has 0 fully saturated rings. The molecule has 0 atom stereocenters. The number of carbonyl (C=O) groups is 2. The van der Waals surface area contributed by atoms with Crippen LogP contribution < -0.4 is 20.3 Å². The first-order valence-electron chi connectivity index (χ1n) is 6.66. The Morgan fingerprint density at radius 1 is 0.957 bits per heavy atom. The lowest BCUT2D eigenvalue weighted by Gasteiger charge is -2.10. The molecule has 0 unspecified atom stereocenters. The van der Waals surface area contributed by atoms with E-state index in [4.69, 9.17) is 9.47 Å². The highest BCUT2D eigenvalue weighted by atomic mass is 16.5. The van der Waals surface area contributed by atoms with Gasteiger partial charge in [-0.25, -0.2) is 4.98 Å². The van der Waals surface area contributed by atoms with Crippen LogP contribution in [0.15, 0.2) is 30.6 Å². The van der Waals surface area contributed by atoms with Gasteiger partial charge in [0.05, 0.1) is 26.1 Å². The highest BCUT2D eigenvalue weighted by Gasteiger charge is 2.13. The lowest BCUT2D eigenvalue weighted by Crippen LogP contribution is -2.42. The van der Waals surface area contributed by atoms with E-state index in [1.807, 2.05) is 0 Å². The first kappa shape index (κ1) is 16.2. The van der Waals surface area contributed by atoms with Crippen molar-refractivity contribution < 1.29 is 19.1 Å². The Hall–Kier alpha value is -3.16. The van der Waals surface area contributed by atoms with Gasteiger partial charge in [0.25, 0.3) is 11.8 Å². The molecule has 0 radical (unpaired) electrons. The summed E-state index contributed by atoms with van der Waals surface area (Å²) in [5, 5.41) is 0. The molecule has 0 saturated carbocycles. The standard InChI is InChI=1S/C15H16N4O4/c1-9-7-17-11(8-16-9)15(21)19-18-14(20)10-4-5-12(22-2)13(6-10)23-3/h4-8H,1-3H3,(H,18,20)(H,19,21). The van der Waals surface area contributed by atoms with E-state index in [1.165, 1.54) is 32.7 Å². The van der Waals surface area contributed by atoms with E-state index in [9.17, 15) is 9.59 Å². The van der Waals surface area contributed by atoms with E-state index in [-0.39, 0.29) is 5.69 Å². The molecule has 2 N–H and O–H groups in total. The minimum absolute atomic E-state index is 0.100. The lowest BCUT2D eigenvalue weighted by molar-refractivity contribution is 0.0843. The first-order chi connectivity index (χ1) is 11.0. The molecule has 8 nitrogen and oxygen atoms in total. The number of hydrogen-bond donors (Lipinski definition) is 2. The summed E-state index contributed by atoms with van der Waals surface area (Å²) in [6, 6.07) is 4.65. The third-order valence-electron chi connectivity index (χ3n) is 2.95. The van der Waals surface area contributed by atoms with Gasteiger partial charge in [0, 0.05) is 11.8 Å². The highest BCUT2D eigenvalue weighted by Crippen LogP contribution is 2.27. The molecule has 23 heavy (non-hydrogen) atoms. The van der Waals surface area contributed by atoms with Crippen LogP contribution in [0.3, 0.4) is 0 Å². The molecule has 0 aliphatic rings. The van der Waals surface area contributed by atoms with Crippen molar-refractivity contribution in [3.8, 4) is 11.5 Å². The van der Waals surface area contributed by atoms with E-state index in [1.54, 1.807) is 19.1 Å². The van der Waals surface area contributed by atoms with Gasteiger partial charge in [-0.2, -0.15) is 0 Å². The Bertz CT molecular complexity index is 716. The number of hydrazine groups is 1. The van der Waals surface area contributed by atoms with E-state index in [2.05, 4.69) is 20.8 Å². The normalized spacial score (nSPS) is 9.87. The number of aromatic nitrogens is 2. The van der Waals surface area contributed by atoms with Gasteiger partial charge in [0.1, 0.15) is 5.69 Å². The monoisotopic (exact) mass is 316 g/mol. The van der Waals surface area contributed by atoms with Crippen LogP contribution >= 0.6 is 0 Å². The van der Waals surface area contributed by atoms with Crippen LogP contribution in [-0.4, -0.2) is 36.0 Å². The van der Waals surface area contributed by atoms with Crippen LogP contribution in [0.4, 0.5) is 0 Å². The Balaban J connectivity index is 2.02. The van der Waals surface area contributed by atoms with Crippen molar-refractivity contribution in [2.75, 3.05) is 14.2 Å². The molecule has 1 heterocycles. The summed E-state index contributed by atoms with van der Waals surface area (Å²) in [6.07, 6.45) is 2.79. The number of benzene rings is 1. The lowest BCUT2D eigenvalue weighted by atomic mass is 10.2. The molecule has 8 heteroatoms. The fraction of sp³-hybridized carbons (Fsp3) is 0.200. The zero-order valence-electron chi connectivity index (χ0n) is 12.9. The number of methoxy groups -OCH3 is 2. The predicted octanol–water partition coefficient (Wildman–Crippen LogP) is 0.877. The third kappa shape index (κ3) is 3.94. The average Bonchev–Trinajstić information content (AvgIpc) is 2.59. The quantitative estimate of drug-likeness (QED) is 0.812. The van der Waals surface area contributed by atoms with Crippen molar-refractivity contribution in [3.05, 3.63) is 47.5 Å². The van der Waals surface area contributed by atoms with Gasteiger partial charge in [-0.3, -0.25) is 25.4 Å². The summed E-state index contributed by atoms with van der Waals surface area (Å²) in [5.74, 6) is -0.149. The van der Waals surface area contributed by atoms with Crippen molar-refractivity contribution in [3.63, 3.8) is 0 Å². The number of aryl methyl sites for hydroxylation is 1. The van der Waals surface area contributed by atoms with Gasteiger partial charge in [-0.1, -0.05) is 0 Å². The summed E-state index contributed by atoms with van der Waals surface area (Å²) in [6.45, 7) is 1.76. The van der Waals surface area contributed by atoms with Crippen LogP contribution in [0, 0.1) is 6.92 Å². The molecule has 0 saturated heterocycles. The van der Waals surface area contributed by atoms with Crippen molar-refractivity contribution in [1.82, 2.24) is 20.8 Å². The number of hydrogen-bond acceptors (Lipinski definition) is 6. The van der Waals surface area contributed by atoms with Crippen molar-refractivity contribution >= 4 is 11.8 Å². The summed E-state index contributed by atoms with van der Waals surface area (Å²) in [7, 11) is 2.97. The van der Waals surface area contributed by atoms with Crippen LogP contribution in [0.25, 0.3) is 0 Å². The van der Waals surface area contributed by atoms with Crippen molar-refractivity contribution in [2.24, 2.45) is 0 Å². The summed E-state index contributed by atoms with van der Waals surface area (Å²) < 4.78 is 10.2. The topological polar surface area (TPSA) is 102 Å². The third-order valence-corrected chi connectivity index (χ3v) is 2.95. The number of nitrogens with zero attached hydrogens (tertiary/aromatic N) is 2. The number of ether oxygens (including phenoxy) is 2. The van der Waals surface area contributed by atoms with Gasteiger partial charge < -0.3 is 9.47 Å². The smallest absolute Gasteiger partial charge is 0.289 e. The second-order valence-electron chi connectivity index (χ2n) is 4.52. The van der Waals surface area contributed by atoms with Gasteiger partial charge in [0.2, 0.25) is 0 Å². The largest absolute Gasteiger partial charge is 0.493 e. The summed E-state index contributed by atoms with van der Waals surface area (Å²) in [4.78, 5) is 31.8. The molecule has 2 amide bonds. The van der Waals surface area contributed by atoms with Crippen LogP contribution in [0.1, 0.15) is 26.5 Å². The van der Waals surface area contributed by atoms with Crippen molar-refractivity contribution in [2.45, 2.75) is 6.92 Å². The Morgan fingerprint density at radius 3 is 2.26 bits per heavy atom. The van der Waals surface area contributed by atoms with Gasteiger partial charge in [0.15, 0.2) is 11.5 Å². The zero-order valence-corrected chi connectivity index (χ0v) is 12.9. The predicted molar refractivity (Wildman–Crippen MR) is 81.2 cm³/mol. The van der Waals surface area contributed by atoms with E-state index in [0.29, 0.717) is 22.8 Å². The molecule has 0 aliphatic carbocycles. The van der Waals surface area contributed by atoms with E-state index >= 15 is 0 Å². The molecular weight excluding hydrogens is 300 g/mol. The van der Waals surface area contributed by atoms with Crippen LogP contribution in [0.2, 0.25) is 0 Å². The van der Waals surface area contributed by atoms with Crippen LogP contribution in [0.5, 0.6) is 11.5 Å². The maximum absolute atomic E-state index is 12.0. The maximum Gasteiger partial charge on any atom is 0.289 e. The average molecular weight is 316 g/mol. The Morgan fingerprint density at radius 2 is 1.65 bits per heavy atom. The Labute approximate surface area is 132 Å². The number of amides is 2. The summed E-state index contributed by atoms with van der Waals surface area (Å²) >= 11 is 0. The molecule has 120 valence electrons. The minimum Gasteiger partial charge on any atom is -0.493 e. The number of nitrogens with one attached hydrogen (secondary N) is 2. The Kier molecular flexibility index (Phi) is 5.08. The number of carbonyl (C=O) groups excluding carboxylic acids is 2. The molecule has 1 aromatic heterocycles. The molecular formula is C15H16N4O4. The molecule has 2 aromatic rings. The highest BCUT2D eigenvalue weighted by molar-refractivity contribution is 5.98. The van der Waals surface area contributed by atoms with Gasteiger partial charge in [-0.15, -0.1) is 0 Å². The molecule has 0 bridgehead atoms. The summed E-state index contributed by atoms with van der Waals surface area (Å²) in [5.41, 5.74) is 5.66. The second-order valence-corrected chi connectivity index (χ2v) is 4.52. The zero-order chi connectivity index (χ0) is 16.8. The van der Waals surface area contributed by atoms with Gasteiger partial charge >= 0.3 is 0 Å². The van der Waals surface area contributed by atoms with E-state index in [0.717, 1.165) is 0 Å². The molecule has 2 rings (SSSR count). The number of rotatable bonds is 4. The molecule has 0 aliphatic heterocycles. The van der Waals surface area contributed by atoms with Crippen LogP contribution in [-0.2, 0) is 0 Å². The first-order valence-corrected chi connectivity index (χ1v) is 6.66. The fourth-order valence-corrected chi connectivity index (χ4v) is 1.74. The van der Waals surface area contributed by atoms with Crippen molar-refractivity contribution in [1.29, 1.82) is 0 Å². The molecule has 0 spiro atoms. The fourth-order valence-electron chi connectivity index (χ4n) is 1.74.